The van der Waals surface area contributed by atoms with E-state index < -0.39 is 9.85 Å². The van der Waals surface area contributed by atoms with E-state index in [0.29, 0.717) is 39.3 Å². The van der Waals surface area contributed by atoms with Crippen molar-refractivity contribution in [3.8, 4) is 17.2 Å². The summed E-state index contributed by atoms with van der Waals surface area (Å²) < 4.78 is 11.2. The number of amides is 2. The Hall–Kier alpha value is -7.00. The molecule has 2 amide bonds. The Morgan fingerprint density at radius 3 is 1.65 bits per heavy atom. The summed E-state index contributed by atoms with van der Waals surface area (Å²) >= 11 is 11.4. The second-order valence-corrected chi connectivity index (χ2v) is 17.6. The summed E-state index contributed by atoms with van der Waals surface area (Å²) in [5.41, 5.74) is 11.0. The van der Waals surface area contributed by atoms with Crippen LogP contribution >= 0.6 is 23.2 Å². The van der Waals surface area contributed by atoms with Crippen LogP contribution in [0.5, 0.6) is 17.2 Å². The topological polar surface area (TPSA) is 186 Å². The number of carbonyl (C=O) groups excluding carboxylic acids is 2. The zero-order valence-corrected chi connectivity index (χ0v) is 38.8. The molecule has 0 fully saturated rings. The fourth-order valence-corrected chi connectivity index (χ4v) is 9.81. The second-order valence-electron chi connectivity index (χ2n) is 17.1. The first-order valence-electron chi connectivity index (χ1n) is 22.1. The maximum atomic E-state index is 13.5. The van der Waals surface area contributed by atoms with E-state index in [2.05, 4.69) is 12.1 Å². The molecule has 0 bridgehead atoms. The predicted molar refractivity (Wildman–Crippen MR) is 260 cm³/mol. The lowest BCUT2D eigenvalue weighted by atomic mass is 9.98. The van der Waals surface area contributed by atoms with Gasteiger partial charge in [0, 0.05) is 70.6 Å². The molecular formula is C52H48Cl2N4O10. The molecule has 6 aromatic rings. The van der Waals surface area contributed by atoms with E-state index in [1.165, 1.54) is 42.5 Å². The van der Waals surface area contributed by atoms with Crippen molar-refractivity contribution in [3.63, 3.8) is 0 Å². The fraction of sp³-hybridized carbons (Fsp3) is 0.269. The van der Waals surface area contributed by atoms with Crippen LogP contribution in [0.15, 0.2) is 109 Å². The third-order valence-corrected chi connectivity index (χ3v) is 13.3. The summed E-state index contributed by atoms with van der Waals surface area (Å²) in [6.45, 7) is 1.88. The number of benzene rings is 6. The van der Waals surface area contributed by atoms with Gasteiger partial charge >= 0.3 is 0 Å². The number of methoxy groups -OCH3 is 1. The van der Waals surface area contributed by atoms with Crippen LogP contribution in [0.2, 0.25) is 0 Å². The van der Waals surface area contributed by atoms with E-state index in [4.69, 9.17) is 37.8 Å². The standard InChI is InChI=1S/C26H23ClN2O4.C18H17NO3.C8H8ClNO3/c1-16-8-23-19(6-7-21-12-20-4-2-3-5-24(20)28(21)26(23)30)13-25(16)33-15-18-9-17(14-27)10-22(11-18)29(31)32;1-22-17-10-14-11(9-16(17)20)6-7-13-8-12-4-2-3-5-15(12)19(13)18(14)21;9-4-6-1-7(5-11)3-8(2-6)10(12)13/h2-5,8-11,13,21H,6-7,12,14-15H2,1H3;2-5,9-10,13,20H,6-8H2,1H3;1-3,11H,4-5H2/t21-;13-;/m11./s1. The van der Waals surface area contributed by atoms with Crippen molar-refractivity contribution >= 4 is 57.8 Å². The number of nitrogens with zero attached hydrogens (tertiary/aromatic N) is 4. The first-order valence-corrected chi connectivity index (χ1v) is 23.1. The van der Waals surface area contributed by atoms with E-state index in [1.807, 2.05) is 71.3 Å². The quantitative estimate of drug-likeness (QED) is 0.0802. The smallest absolute Gasteiger partial charge is 0.270 e. The molecule has 350 valence electrons. The molecule has 2 atom stereocenters. The number of fused-ring (bicyclic) bond motifs is 8. The highest BCUT2D eigenvalue weighted by Crippen LogP contribution is 2.41. The molecule has 6 aromatic carbocycles. The van der Waals surface area contributed by atoms with Gasteiger partial charge in [-0.05, 0) is 132 Å². The Balaban J connectivity index is 0.000000153. The molecule has 2 N–H and O–H groups in total. The Kier molecular flexibility index (Phi) is 14.3. The average molecular weight is 960 g/mol. The minimum absolute atomic E-state index is 0.000694. The molecule has 4 aliphatic heterocycles. The van der Waals surface area contributed by atoms with Gasteiger partial charge in [-0.1, -0.05) is 48.5 Å². The van der Waals surface area contributed by atoms with Gasteiger partial charge in [-0.2, -0.15) is 0 Å². The van der Waals surface area contributed by atoms with Crippen LogP contribution in [-0.4, -0.2) is 51.1 Å². The number of ether oxygens (including phenoxy) is 2. The van der Waals surface area contributed by atoms with E-state index >= 15 is 0 Å². The minimum Gasteiger partial charge on any atom is -0.504 e. The lowest BCUT2D eigenvalue weighted by molar-refractivity contribution is -0.385. The first-order chi connectivity index (χ1) is 32.8. The van der Waals surface area contributed by atoms with Crippen LogP contribution in [0.25, 0.3) is 0 Å². The average Bonchev–Trinajstić information content (AvgIpc) is 3.85. The van der Waals surface area contributed by atoms with Gasteiger partial charge in [0.05, 0.1) is 23.6 Å². The summed E-state index contributed by atoms with van der Waals surface area (Å²) in [7, 11) is 1.50. The van der Waals surface area contributed by atoms with E-state index in [-0.39, 0.29) is 66.0 Å². The van der Waals surface area contributed by atoms with Crippen LogP contribution in [-0.2, 0) is 50.7 Å². The van der Waals surface area contributed by atoms with Crippen LogP contribution < -0.4 is 19.3 Å². The lowest BCUT2D eigenvalue weighted by Crippen LogP contribution is -2.36. The summed E-state index contributed by atoms with van der Waals surface area (Å²) in [5.74, 6) is 1.56. The van der Waals surface area contributed by atoms with Gasteiger partial charge in [-0.15, -0.1) is 23.2 Å². The van der Waals surface area contributed by atoms with Crippen LogP contribution in [0.3, 0.4) is 0 Å². The summed E-state index contributed by atoms with van der Waals surface area (Å²) in [6, 6.07) is 32.9. The number of hydrogen-bond donors (Lipinski definition) is 2. The van der Waals surface area contributed by atoms with Gasteiger partial charge in [0.1, 0.15) is 12.4 Å². The largest absolute Gasteiger partial charge is 0.504 e. The zero-order chi connectivity index (χ0) is 48.2. The molecule has 4 heterocycles. The summed E-state index contributed by atoms with van der Waals surface area (Å²) in [4.78, 5) is 51.1. The number of phenols is 1. The van der Waals surface area contributed by atoms with Crippen LogP contribution in [0.1, 0.15) is 83.6 Å². The number of aromatic hydroxyl groups is 1. The Morgan fingerprint density at radius 1 is 0.647 bits per heavy atom. The number of anilines is 2. The van der Waals surface area contributed by atoms with E-state index in [0.717, 1.165) is 72.2 Å². The number of hydrogen-bond acceptors (Lipinski definition) is 10. The number of halogens is 2. The number of para-hydroxylation sites is 2. The van der Waals surface area contributed by atoms with Crippen molar-refractivity contribution < 1.29 is 39.1 Å². The first kappa shape index (κ1) is 47.5. The highest BCUT2D eigenvalue weighted by Gasteiger charge is 2.39. The van der Waals surface area contributed by atoms with Crippen molar-refractivity contribution in [3.05, 3.63) is 191 Å². The monoisotopic (exact) mass is 958 g/mol. The number of alkyl halides is 2. The molecule has 0 spiro atoms. The number of rotatable bonds is 9. The third-order valence-electron chi connectivity index (χ3n) is 12.7. The van der Waals surface area contributed by atoms with Crippen LogP contribution in [0, 0.1) is 27.2 Å². The zero-order valence-electron chi connectivity index (χ0n) is 37.3. The summed E-state index contributed by atoms with van der Waals surface area (Å²) in [6.07, 6.45) is 5.15. The van der Waals surface area contributed by atoms with Crippen molar-refractivity contribution in [2.75, 3.05) is 16.9 Å². The molecule has 0 unspecified atom stereocenters. The number of aryl methyl sites for hydroxylation is 3. The van der Waals surface area contributed by atoms with Gasteiger partial charge in [0.15, 0.2) is 11.5 Å². The van der Waals surface area contributed by atoms with Crippen molar-refractivity contribution in [1.29, 1.82) is 0 Å². The van der Waals surface area contributed by atoms with Crippen molar-refractivity contribution in [2.24, 2.45) is 0 Å². The van der Waals surface area contributed by atoms with Gasteiger partial charge in [-0.3, -0.25) is 29.8 Å². The number of aliphatic hydroxyl groups excluding tert-OH is 1. The number of carbonyl (C=O) groups is 2. The second kappa shape index (κ2) is 20.5. The number of phenolic OH excluding ortho intramolecular Hbond substituents is 1. The van der Waals surface area contributed by atoms with E-state index in [9.17, 15) is 34.9 Å². The normalized spacial score (nSPS) is 16.2. The minimum atomic E-state index is -0.505. The van der Waals surface area contributed by atoms with Gasteiger partial charge in [0.2, 0.25) is 0 Å². The van der Waals surface area contributed by atoms with Gasteiger partial charge in [-0.25, -0.2) is 0 Å². The van der Waals surface area contributed by atoms with Gasteiger partial charge in [0.25, 0.3) is 23.2 Å². The van der Waals surface area contributed by atoms with Gasteiger partial charge < -0.3 is 29.5 Å². The Morgan fingerprint density at radius 2 is 1.13 bits per heavy atom. The van der Waals surface area contributed by atoms with E-state index in [1.54, 1.807) is 18.2 Å². The Bertz CT molecular complexity index is 2920. The molecule has 0 radical (unpaired) electrons. The Labute approximate surface area is 402 Å². The number of aliphatic hydroxyl groups is 1. The SMILES string of the molecule is COc1cc2c(cc1O)CC[C@@H]1Cc3ccccc3N1C2=O.Cc1cc2c(cc1OCc1cc(CCl)cc([N+](=O)[O-])c1)CC[C@@H]1Cc3ccccc3N1C2=O.O=[N+]([O-])c1cc(CO)cc(CCl)c1. The van der Waals surface area contributed by atoms with Crippen LogP contribution in [0.4, 0.5) is 22.7 Å². The third kappa shape index (κ3) is 9.84. The molecule has 68 heavy (non-hydrogen) atoms. The number of nitro benzene ring substituents is 2. The molecule has 16 heteroatoms. The van der Waals surface area contributed by atoms with Crippen molar-refractivity contribution in [2.45, 2.75) is 82.5 Å². The lowest BCUT2D eigenvalue weighted by Gasteiger charge is -2.23. The molecule has 0 saturated carbocycles. The summed E-state index contributed by atoms with van der Waals surface area (Å²) in [5, 5.41) is 40.4. The molecule has 4 aliphatic rings. The molecule has 10 rings (SSSR count). The molecule has 0 aliphatic carbocycles. The highest BCUT2D eigenvalue weighted by molar-refractivity contribution is 6.17. The molecular weight excluding hydrogens is 911 g/mol. The molecule has 0 aromatic heterocycles. The molecule has 14 nitrogen and oxygen atoms in total. The highest BCUT2D eigenvalue weighted by atomic mass is 35.5. The number of nitro groups is 2. The molecule has 0 saturated heterocycles. The fourth-order valence-electron chi connectivity index (χ4n) is 9.50. The van der Waals surface area contributed by atoms with Crippen molar-refractivity contribution in [1.82, 2.24) is 0 Å². The maximum absolute atomic E-state index is 13.5. The predicted octanol–water partition coefficient (Wildman–Crippen LogP) is 10.5. The maximum Gasteiger partial charge on any atom is 0.270 e. The number of non-ortho nitro benzene ring substituents is 2.